The Hall–Kier alpha value is -2.07. The minimum Gasteiger partial charge on any atom is -0.328 e. The molecule has 32 heavy (non-hydrogen) atoms. The summed E-state index contributed by atoms with van der Waals surface area (Å²) in [4.78, 5) is 11.2. The maximum absolute atomic E-state index is 11.2. The van der Waals surface area contributed by atoms with Crippen molar-refractivity contribution in [2.24, 2.45) is 5.10 Å². The first-order valence-corrected chi connectivity index (χ1v) is 13.4. The molecule has 0 saturated carbocycles. The van der Waals surface area contributed by atoms with Crippen LogP contribution in [0.15, 0.2) is 69.4 Å². The fraction of sp³-hybridized carbons (Fsp3) is 0.280. The maximum atomic E-state index is 11.2. The van der Waals surface area contributed by atoms with Gasteiger partial charge in [-0.1, -0.05) is 68.2 Å². The SMILES string of the molecule is CP/C=C(/Cl)SC/C(=C(/C)C1=NN(C)C(c2ccc(C)cc2)C1)c1ccccc1NC=O. The lowest BCUT2D eigenvalue weighted by Gasteiger charge is -2.19. The van der Waals surface area contributed by atoms with Crippen LogP contribution in [-0.4, -0.2) is 36.6 Å². The second-order valence-electron chi connectivity index (χ2n) is 7.69. The molecule has 0 radical (unpaired) electrons. The van der Waals surface area contributed by atoms with Gasteiger partial charge in [0.15, 0.2) is 0 Å². The molecule has 0 aromatic heterocycles. The number of amides is 1. The molecule has 2 unspecified atom stereocenters. The fourth-order valence-electron chi connectivity index (χ4n) is 3.76. The average molecular weight is 486 g/mol. The lowest BCUT2D eigenvalue weighted by atomic mass is 9.93. The molecule has 1 aliphatic rings. The standard InChI is InChI=1S/C25H29ClN3OPS/c1-17-9-11-19(12-10-17)24-13-23(28-29(24)3)18(2)21(15-32-25(26)14-31-4)20-7-5-6-8-22(20)27-16-30/h5-12,14,16,24,31H,13,15H2,1-4H3,(H,27,30)/b21-18+,25-14-. The van der Waals surface area contributed by atoms with Gasteiger partial charge in [-0.15, -0.1) is 11.8 Å². The minimum absolute atomic E-state index is 0.211. The second kappa shape index (κ2) is 11.7. The normalized spacial score (nSPS) is 17.5. The van der Waals surface area contributed by atoms with Crippen LogP contribution in [0.5, 0.6) is 0 Å². The number of allylic oxidation sites excluding steroid dienone is 1. The van der Waals surface area contributed by atoms with E-state index in [1.165, 1.54) is 11.1 Å². The van der Waals surface area contributed by atoms with Gasteiger partial charge in [-0.05, 0) is 49.1 Å². The van der Waals surface area contributed by atoms with E-state index in [0.717, 1.165) is 45.3 Å². The van der Waals surface area contributed by atoms with E-state index in [1.807, 2.05) is 37.1 Å². The molecule has 2 atom stereocenters. The number of aryl methyl sites for hydroxylation is 1. The number of thioether (sulfide) groups is 1. The summed E-state index contributed by atoms with van der Waals surface area (Å²) in [5.41, 5.74) is 7.62. The average Bonchev–Trinajstić information content (AvgIpc) is 3.17. The third-order valence-corrected chi connectivity index (χ3v) is 7.78. The number of hydrogen-bond acceptors (Lipinski definition) is 4. The first-order chi connectivity index (χ1) is 15.4. The molecular formula is C25H29ClN3OPS. The fourth-order valence-corrected chi connectivity index (χ4v) is 5.82. The van der Waals surface area contributed by atoms with E-state index < -0.39 is 0 Å². The minimum atomic E-state index is 0.211. The first-order valence-electron chi connectivity index (χ1n) is 10.5. The summed E-state index contributed by atoms with van der Waals surface area (Å²) in [5.74, 6) is 2.74. The van der Waals surface area contributed by atoms with E-state index in [4.69, 9.17) is 16.7 Å². The van der Waals surface area contributed by atoms with Crippen LogP contribution in [0.2, 0.25) is 0 Å². The zero-order valence-electron chi connectivity index (χ0n) is 18.9. The molecule has 7 heteroatoms. The molecular weight excluding hydrogens is 457 g/mol. The van der Waals surface area contributed by atoms with E-state index in [0.29, 0.717) is 14.3 Å². The van der Waals surface area contributed by atoms with Crippen molar-refractivity contribution in [1.82, 2.24) is 5.01 Å². The van der Waals surface area contributed by atoms with Crippen LogP contribution in [0.25, 0.3) is 5.57 Å². The zero-order valence-corrected chi connectivity index (χ0v) is 21.4. The quantitative estimate of drug-likeness (QED) is 0.312. The number of halogens is 1. The van der Waals surface area contributed by atoms with Gasteiger partial charge >= 0.3 is 0 Å². The van der Waals surface area contributed by atoms with Crippen molar-refractivity contribution < 1.29 is 4.79 Å². The Bertz CT molecular complexity index is 1050. The highest BCUT2D eigenvalue weighted by molar-refractivity contribution is 8.05. The van der Waals surface area contributed by atoms with Crippen LogP contribution >= 0.6 is 31.9 Å². The van der Waals surface area contributed by atoms with Crippen molar-refractivity contribution in [3.8, 4) is 0 Å². The Morgan fingerprint density at radius 1 is 1.28 bits per heavy atom. The Balaban J connectivity index is 1.98. The van der Waals surface area contributed by atoms with Gasteiger partial charge < -0.3 is 5.32 Å². The monoisotopic (exact) mass is 485 g/mol. The Morgan fingerprint density at radius 3 is 2.69 bits per heavy atom. The number of anilines is 1. The summed E-state index contributed by atoms with van der Waals surface area (Å²) >= 11 is 8.02. The Morgan fingerprint density at radius 2 is 2.00 bits per heavy atom. The lowest BCUT2D eigenvalue weighted by molar-refractivity contribution is -0.105. The predicted octanol–water partition coefficient (Wildman–Crippen LogP) is 6.85. The number of hydrazone groups is 1. The van der Waals surface area contributed by atoms with Crippen molar-refractivity contribution in [1.29, 1.82) is 0 Å². The number of carbonyl (C=O) groups is 1. The van der Waals surface area contributed by atoms with Gasteiger partial charge in [-0.3, -0.25) is 9.80 Å². The number of carbonyl (C=O) groups excluding carboxylic acids is 1. The second-order valence-corrected chi connectivity index (χ2v) is 10.2. The van der Waals surface area contributed by atoms with Crippen LogP contribution in [-0.2, 0) is 4.79 Å². The summed E-state index contributed by atoms with van der Waals surface area (Å²) < 4.78 is 0.792. The molecule has 2 aromatic carbocycles. The van der Waals surface area contributed by atoms with Gasteiger partial charge in [-0.25, -0.2) is 0 Å². The topological polar surface area (TPSA) is 44.7 Å². The van der Waals surface area contributed by atoms with E-state index in [-0.39, 0.29) is 6.04 Å². The summed E-state index contributed by atoms with van der Waals surface area (Å²) in [6.45, 7) is 6.32. The first kappa shape index (κ1) is 24.6. The molecule has 1 heterocycles. The molecule has 4 nitrogen and oxygen atoms in total. The number of hydrogen-bond donors (Lipinski definition) is 1. The number of nitrogens with one attached hydrogen (secondary N) is 1. The zero-order chi connectivity index (χ0) is 23.1. The van der Waals surface area contributed by atoms with Crippen molar-refractivity contribution >= 4 is 55.3 Å². The summed E-state index contributed by atoms with van der Waals surface area (Å²) in [6, 6.07) is 16.8. The molecule has 0 bridgehead atoms. The number of benzene rings is 2. The summed E-state index contributed by atoms with van der Waals surface area (Å²) in [7, 11) is 2.69. The van der Waals surface area contributed by atoms with Crippen LogP contribution in [0.4, 0.5) is 5.69 Å². The van der Waals surface area contributed by atoms with Crippen LogP contribution in [0, 0.1) is 6.92 Å². The van der Waals surface area contributed by atoms with Gasteiger partial charge in [0.05, 0.1) is 16.1 Å². The van der Waals surface area contributed by atoms with Gasteiger partial charge in [0.2, 0.25) is 6.41 Å². The van der Waals surface area contributed by atoms with Crippen molar-refractivity contribution in [2.45, 2.75) is 26.3 Å². The highest BCUT2D eigenvalue weighted by atomic mass is 35.5. The van der Waals surface area contributed by atoms with Gasteiger partial charge in [0.1, 0.15) is 0 Å². The Labute approximate surface area is 202 Å². The summed E-state index contributed by atoms with van der Waals surface area (Å²) in [5, 5.41) is 9.79. The molecule has 1 N–H and O–H groups in total. The molecule has 1 aliphatic heterocycles. The number of nitrogens with zero attached hydrogens (tertiary/aromatic N) is 2. The van der Waals surface area contributed by atoms with E-state index in [1.54, 1.807) is 11.8 Å². The van der Waals surface area contributed by atoms with E-state index >= 15 is 0 Å². The molecule has 0 saturated heterocycles. The van der Waals surface area contributed by atoms with Crippen LogP contribution < -0.4 is 5.32 Å². The third-order valence-electron chi connectivity index (χ3n) is 5.54. The van der Waals surface area contributed by atoms with Crippen molar-refractivity contribution in [2.75, 3.05) is 24.8 Å². The highest BCUT2D eigenvalue weighted by Gasteiger charge is 2.27. The molecule has 168 valence electrons. The van der Waals surface area contributed by atoms with E-state index in [9.17, 15) is 4.79 Å². The molecule has 1 amide bonds. The summed E-state index contributed by atoms with van der Waals surface area (Å²) in [6.07, 6.45) is 1.56. The molecule has 0 fully saturated rings. The van der Waals surface area contributed by atoms with Gasteiger partial charge in [0.25, 0.3) is 0 Å². The lowest BCUT2D eigenvalue weighted by Crippen LogP contribution is -2.13. The predicted molar refractivity (Wildman–Crippen MR) is 143 cm³/mol. The highest BCUT2D eigenvalue weighted by Crippen LogP contribution is 2.37. The van der Waals surface area contributed by atoms with Gasteiger partial charge in [-0.2, -0.15) is 5.10 Å². The molecule has 3 rings (SSSR count). The van der Waals surface area contributed by atoms with E-state index in [2.05, 4.69) is 55.1 Å². The van der Waals surface area contributed by atoms with Crippen molar-refractivity contribution in [3.05, 3.63) is 81.0 Å². The third kappa shape index (κ3) is 6.04. The van der Waals surface area contributed by atoms with Gasteiger partial charge in [0, 0.05) is 30.5 Å². The molecule has 0 spiro atoms. The number of rotatable bonds is 9. The van der Waals surface area contributed by atoms with Crippen LogP contribution in [0.1, 0.15) is 36.1 Å². The Kier molecular flexibility index (Phi) is 8.98. The van der Waals surface area contributed by atoms with Crippen molar-refractivity contribution in [3.63, 3.8) is 0 Å². The smallest absolute Gasteiger partial charge is 0.211 e. The number of para-hydroxylation sites is 1. The van der Waals surface area contributed by atoms with Crippen LogP contribution in [0.3, 0.4) is 0 Å². The molecule has 2 aromatic rings. The molecule has 0 aliphatic carbocycles. The maximum Gasteiger partial charge on any atom is 0.211 e. The largest absolute Gasteiger partial charge is 0.328 e.